The Balaban J connectivity index is 1.92. The predicted octanol–water partition coefficient (Wildman–Crippen LogP) is 0.378. The molecule has 0 unspecified atom stereocenters. The molecule has 3 N–H and O–H groups in total. The van der Waals surface area contributed by atoms with Crippen LogP contribution in [0.25, 0.3) is 0 Å². The fourth-order valence-electron chi connectivity index (χ4n) is 1.80. The summed E-state index contributed by atoms with van der Waals surface area (Å²) >= 11 is 0. The largest absolute Gasteiger partial charge is 0.495 e. The van der Waals surface area contributed by atoms with Crippen LogP contribution in [0.2, 0.25) is 0 Å². The van der Waals surface area contributed by atoms with Gasteiger partial charge in [-0.2, -0.15) is 0 Å². The lowest BCUT2D eigenvalue weighted by atomic mass is 10.1. The molecule has 2 aromatic rings. The number of hydrogen-bond acceptors (Lipinski definition) is 5. The molecule has 1 heterocycles. The average Bonchev–Trinajstić information content (AvgIpc) is 2.84. The second-order valence-electron chi connectivity index (χ2n) is 4.32. The SMILES string of the molecule is COc1ccc(C(=O)NCCc2nncn2C)cc1N. The lowest BCUT2D eigenvalue weighted by Gasteiger charge is -2.08. The number of aryl methyl sites for hydroxylation is 1. The zero-order valence-electron chi connectivity index (χ0n) is 11.5. The molecular formula is C13H17N5O2. The van der Waals surface area contributed by atoms with E-state index >= 15 is 0 Å². The van der Waals surface area contributed by atoms with Gasteiger partial charge in [0.15, 0.2) is 0 Å². The third-order valence-corrected chi connectivity index (χ3v) is 2.93. The highest BCUT2D eigenvalue weighted by Gasteiger charge is 2.08. The van der Waals surface area contributed by atoms with Crippen LogP contribution >= 0.6 is 0 Å². The second kappa shape index (κ2) is 6.05. The fourth-order valence-corrected chi connectivity index (χ4v) is 1.80. The van der Waals surface area contributed by atoms with Gasteiger partial charge in [-0.05, 0) is 18.2 Å². The molecule has 0 spiro atoms. The van der Waals surface area contributed by atoms with E-state index in [1.807, 2.05) is 11.6 Å². The van der Waals surface area contributed by atoms with Crippen molar-refractivity contribution in [3.63, 3.8) is 0 Å². The first-order valence-electron chi connectivity index (χ1n) is 6.16. The Morgan fingerprint density at radius 2 is 2.30 bits per heavy atom. The number of benzene rings is 1. The number of aromatic nitrogens is 3. The Labute approximate surface area is 116 Å². The number of hydrogen-bond donors (Lipinski definition) is 2. The number of carbonyl (C=O) groups is 1. The molecule has 0 fully saturated rings. The fraction of sp³-hybridized carbons (Fsp3) is 0.308. The Morgan fingerprint density at radius 3 is 2.90 bits per heavy atom. The number of nitrogens with two attached hydrogens (primary N) is 1. The maximum absolute atomic E-state index is 12.0. The van der Waals surface area contributed by atoms with Gasteiger partial charge in [-0.25, -0.2) is 0 Å². The summed E-state index contributed by atoms with van der Waals surface area (Å²) in [4.78, 5) is 12.0. The number of anilines is 1. The molecule has 0 aliphatic rings. The van der Waals surface area contributed by atoms with E-state index in [4.69, 9.17) is 10.5 Å². The van der Waals surface area contributed by atoms with Crippen LogP contribution in [0.4, 0.5) is 5.69 Å². The van der Waals surface area contributed by atoms with Crippen LogP contribution in [-0.4, -0.2) is 34.3 Å². The molecule has 2 rings (SSSR count). The van der Waals surface area contributed by atoms with Crippen molar-refractivity contribution in [2.75, 3.05) is 19.4 Å². The molecule has 0 saturated heterocycles. The smallest absolute Gasteiger partial charge is 0.251 e. The third-order valence-electron chi connectivity index (χ3n) is 2.93. The van der Waals surface area contributed by atoms with E-state index in [1.54, 1.807) is 24.5 Å². The van der Waals surface area contributed by atoms with Gasteiger partial charge in [0.2, 0.25) is 0 Å². The first-order valence-corrected chi connectivity index (χ1v) is 6.16. The lowest BCUT2D eigenvalue weighted by molar-refractivity contribution is 0.0954. The molecule has 0 aliphatic carbocycles. The van der Waals surface area contributed by atoms with Gasteiger partial charge in [0.05, 0.1) is 12.8 Å². The van der Waals surface area contributed by atoms with Gasteiger partial charge in [0.25, 0.3) is 5.91 Å². The summed E-state index contributed by atoms with van der Waals surface area (Å²) in [5.74, 6) is 1.20. The monoisotopic (exact) mass is 275 g/mol. The third kappa shape index (κ3) is 3.05. The number of nitrogens with one attached hydrogen (secondary N) is 1. The first kappa shape index (κ1) is 13.9. The van der Waals surface area contributed by atoms with Crippen LogP contribution < -0.4 is 15.8 Å². The van der Waals surface area contributed by atoms with E-state index in [1.165, 1.54) is 7.11 Å². The Bertz CT molecular complexity index is 609. The standard InChI is InChI=1S/C13H17N5O2/c1-18-8-16-17-12(18)5-6-15-13(19)9-3-4-11(20-2)10(14)7-9/h3-4,7-8H,5-6,14H2,1-2H3,(H,15,19). The van der Waals surface area contributed by atoms with Gasteiger partial charge < -0.3 is 20.4 Å². The molecule has 0 radical (unpaired) electrons. The van der Waals surface area contributed by atoms with Crippen molar-refractivity contribution >= 4 is 11.6 Å². The van der Waals surface area contributed by atoms with Gasteiger partial charge >= 0.3 is 0 Å². The number of carbonyl (C=O) groups excluding carboxylic acids is 1. The van der Waals surface area contributed by atoms with E-state index in [0.29, 0.717) is 30.0 Å². The van der Waals surface area contributed by atoms with Crippen LogP contribution in [0, 0.1) is 0 Å². The molecule has 20 heavy (non-hydrogen) atoms. The molecule has 7 nitrogen and oxygen atoms in total. The molecular weight excluding hydrogens is 258 g/mol. The highest BCUT2D eigenvalue weighted by Crippen LogP contribution is 2.21. The minimum Gasteiger partial charge on any atom is -0.495 e. The van der Waals surface area contributed by atoms with E-state index in [2.05, 4.69) is 15.5 Å². The summed E-state index contributed by atoms with van der Waals surface area (Å²) in [6.45, 7) is 0.483. The van der Waals surface area contributed by atoms with Gasteiger partial charge in [0, 0.05) is 25.6 Å². The first-order chi connectivity index (χ1) is 9.61. The highest BCUT2D eigenvalue weighted by molar-refractivity contribution is 5.95. The minimum atomic E-state index is -0.179. The average molecular weight is 275 g/mol. The van der Waals surface area contributed by atoms with Crippen molar-refractivity contribution in [2.24, 2.45) is 7.05 Å². The number of amides is 1. The van der Waals surface area contributed by atoms with Crippen molar-refractivity contribution in [3.8, 4) is 5.75 Å². The molecule has 0 bridgehead atoms. The molecule has 1 aromatic heterocycles. The summed E-state index contributed by atoms with van der Waals surface area (Å²) in [6.07, 6.45) is 2.25. The molecule has 0 saturated carbocycles. The molecule has 1 aromatic carbocycles. The lowest BCUT2D eigenvalue weighted by Crippen LogP contribution is -2.26. The number of rotatable bonds is 5. The van der Waals surface area contributed by atoms with Crippen molar-refractivity contribution < 1.29 is 9.53 Å². The summed E-state index contributed by atoms with van der Waals surface area (Å²) in [6, 6.07) is 4.94. The zero-order valence-corrected chi connectivity index (χ0v) is 11.5. The summed E-state index contributed by atoms with van der Waals surface area (Å²) < 4.78 is 6.87. The van der Waals surface area contributed by atoms with E-state index in [-0.39, 0.29) is 5.91 Å². The summed E-state index contributed by atoms with van der Waals surface area (Å²) in [7, 11) is 3.40. The normalized spacial score (nSPS) is 10.3. The summed E-state index contributed by atoms with van der Waals surface area (Å²) in [5.41, 5.74) is 6.71. The van der Waals surface area contributed by atoms with E-state index < -0.39 is 0 Å². The molecule has 7 heteroatoms. The Hall–Kier alpha value is -2.57. The second-order valence-corrected chi connectivity index (χ2v) is 4.32. The molecule has 106 valence electrons. The maximum atomic E-state index is 12.0. The van der Waals surface area contributed by atoms with Crippen LogP contribution in [0.15, 0.2) is 24.5 Å². The Kier molecular flexibility index (Phi) is 4.19. The molecule has 1 amide bonds. The molecule has 0 atom stereocenters. The zero-order chi connectivity index (χ0) is 14.5. The van der Waals surface area contributed by atoms with Gasteiger partial charge in [-0.1, -0.05) is 0 Å². The van der Waals surface area contributed by atoms with Crippen LogP contribution in [0.1, 0.15) is 16.2 Å². The summed E-state index contributed by atoms with van der Waals surface area (Å²) in [5, 5.41) is 10.5. The predicted molar refractivity (Wildman–Crippen MR) is 74.4 cm³/mol. The quantitative estimate of drug-likeness (QED) is 0.769. The Morgan fingerprint density at radius 1 is 1.50 bits per heavy atom. The minimum absolute atomic E-state index is 0.179. The topological polar surface area (TPSA) is 95.1 Å². The number of ether oxygens (including phenoxy) is 1. The van der Waals surface area contributed by atoms with Gasteiger partial charge in [-0.15, -0.1) is 10.2 Å². The van der Waals surface area contributed by atoms with E-state index in [9.17, 15) is 4.79 Å². The number of methoxy groups -OCH3 is 1. The van der Waals surface area contributed by atoms with Gasteiger partial charge in [0.1, 0.15) is 17.9 Å². The van der Waals surface area contributed by atoms with Gasteiger partial charge in [-0.3, -0.25) is 4.79 Å². The van der Waals surface area contributed by atoms with Crippen LogP contribution in [0.5, 0.6) is 5.75 Å². The van der Waals surface area contributed by atoms with Crippen molar-refractivity contribution in [1.82, 2.24) is 20.1 Å². The number of nitrogen functional groups attached to an aromatic ring is 1. The number of nitrogens with zero attached hydrogens (tertiary/aromatic N) is 3. The van der Waals surface area contributed by atoms with Crippen molar-refractivity contribution in [3.05, 3.63) is 35.9 Å². The maximum Gasteiger partial charge on any atom is 0.251 e. The molecule has 0 aliphatic heterocycles. The van der Waals surface area contributed by atoms with Crippen LogP contribution in [-0.2, 0) is 13.5 Å². The van der Waals surface area contributed by atoms with Crippen molar-refractivity contribution in [1.29, 1.82) is 0 Å². The highest BCUT2D eigenvalue weighted by atomic mass is 16.5. The van der Waals surface area contributed by atoms with Crippen LogP contribution in [0.3, 0.4) is 0 Å². The van der Waals surface area contributed by atoms with E-state index in [0.717, 1.165) is 5.82 Å². The van der Waals surface area contributed by atoms with Crippen molar-refractivity contribution in [2.45, 2.75) is 6.42 Å².